The third-order valence-corrected chi connectivity index (χ3v) is 5.10. The SMILES string of the molecule is CCN(C(=O)CN1CCC(C)(C(=O)O)C1)C1CCCCC1. The minimum Gasteiger partial charge on any atom is -0.481 e. The second-order valence-corrected chi connectivity index (χ2v) is 6.80. The number of rotatable bonds is 5. The number of likely N-dealkylation sites (tertiary alicyclic amines) is 1. The van der Waals surface area contributed by atoms with Crippen LogP contribution in [0.4, 0.5) is 0 Å². The number of hydrogen-bond donors (Lipinski definition) is 1. The van der Waals surface area contributed by atoms with Crippen LogP contribution in [0.5, 0.6) is 0 Å². The number of carboxylic acid groups (broad SMARTS) is 1. The number of likely N-dealkylation sites (N-methyl/N-ethyl adjacent to an activating group) is 1. The molecule has 2 aliphatic rings. The first-order valence-corrected chi connectivity index (χ1v) is 8.21. The predicted molar refractivity (Wildman–Crippen MR) is 81.1 cm³/mol. The van der Waals surface area contributed by atoms with Gasteiger partial charge in [0.1, 0.15) is 0 Å². The van der Waals surface area contributed by atoms with Crippen molar-refractivity contribution >= 4 is 11.9 Å². The lowest BCUT2D eigenvalue weighted by Crippen LogP contribution is -2.46. The van der Waals surface area contributed by atoms with Crippen LogP contribution in [0.15, 0.2) is 0 Å². The monoisotopic (exact) mass is 296 g/mol. The van der Waals surface area contributed by atoms with Gasteiger partial charge in [0, 0.05) is 19.1 Å². The first kappa shape index (κ1) is 16.3. The molecule has 0 bridgehead atoms. The van der Waals surface area contributed by atoms with Crippen LogP contribution in [0.2, 0.25) is 0 Å². The van der Waals surface area contributed by atoms with Gasteiger partial charge >= 0.3 is 5.97 Å². The van der Waals surface area contributed by atoms with E-state index in [0.29, 0.717) is 32.1 Å². The van der Waals surface area contributed by atoms with Gasteiger partial charge in [0.25, 0.3) is 0 Å². The number of nitrogens with zero attached hydrogens (tertiary/aromatic N) is 2. The van der Waals surface area contributed by atoms with Crippen molar-refractivity contribution in [1.29, 1.82) is 0 Å². The first-order valence-electron chi connectivity index (χ1n) is 8.21. The molecule has 2 rings (SSSR count). The van der Waals surface area contributed by atoms with Crippen LogP contribution in [0.3, 0.4) is 0 Å². The normalized spacial score (nSPS) is 27.7. The largest absolute Gasteiger partial charge is 0.481 e. The van der Waals surface area contributed by atoms with Crippen LogP contribution in [-0.2, 0) is 9.59 Å². The highest BCUT2D eigenvalue weighted by Gasteiger charge is 2.41. The Bertz CT molecular complexity index is 393. The van der Waals surface area contributed by atoms with E-state index in [1.807, 2.05) is 16.7 Å². The Balaban J connectivity index is 1.89. The molecule has 0 aromatic heterocycles. The van der Waals surface area contributed by atoms with Crippen molar-refractivity contribution in [2.45, 2.75) is 58.4 Å². The zero-order valence-corrected chi connectivity index (χ0v) is 13.3. The molecule has 1 aliphatic heterocycles. The highest BCUT2D eigenvalue weighted by Crippen LogP contribution is 2.30. The number of hydrogen-bond acceptors (Lipinski definition) is 3. The van der Waals surface area contributed by atoms with Crippen LogP contribution < -0.4 is 0 Å². The average Bonchev–Trinajstić information content (AvgIpc) is 2.83. The quantitative estimate of drug-likeness (QED) is 0.842. The highest BCUT2D eigenvalue weighted by molar-refractivity contribution is 5.79. The molecule has 1 atom stereocenters. The summed E-state index contributed by atoms with van der Waals surface area (Å²) >= 11 is 0. The molecule has 1 saturated heterocycles. The van der Waals surface area contributed by atoms with Crippen molar-refractivity contribution in [3.63, 3.8) is 0 Å². The summed E-state index contributed by atoms with van der Waals surface area (Å²) in [7, 11) is 0. The van der Waals surface area contributed by atoms with Gasteiger partial charge in [0.05, 0.1) is 12.0 Å². The van der Waals surface area contributed by atoms with Crippen LogP contribution in [0.1, 0.15) is 52.4 Å². The molecule has 5 nitrogen and oxygen atoms in total. The third kappa shape index (κ3) is 3.76. The van der Waals surface area contributed by atoms with Crippen molar-refractivity contribution in [3.8, 4) is 0 Å². The Hall–Kier alpha value is -1.10. The number of amides is 1. The Morgan fingerprint density at radius 2 is 1.95 bits per heavy atom. The summed E-state index contributed by atoms with van der Waals surface area (Å²) < 4.78 is 0. The third-order valence-electron chi connectivity index (χ3n) is 5.10. The van der Waals surface area contributed by atoms with Crippen LogP contribution in [-0.4, -0.2) is 59.0 Å². The molecule has 120 valence electrons. The Morgan fingerprint density at radius 3 is 2.48 bits per heavy atom. The molecule has 1 aliphatic carbocycles. The summed E-state index contributed by atoms with van der Waals surface area (Å²) in [5.74, 6) is -0.587. The predicted octanol–water partition coefficient (Wildman–Crippen LogP) is 1.96. The van der Waals surface area contributed by atoms with Crippen molar-refractivity contribution in [2.24, 2.45) is 5.41 Å². The van der Waals surface area contributed by atoms with Gasteiger partial charge < -0.3 is 10.0 Å². The number of aliphatic carboxylic acids is 1. The molecule has 0 aromatic rings. The van der Waals surface area contributed by atoms with Gasteiger partial charge in [-0.1, -0.05) is 19.3 Å². The minimum atomic E-state index is -0.753. The van der Waals surface area contributed by atoms with Gasteiger partial charge in [0.15, 0.2) is 0 Å². The van der Waals surface area contributed by atoms with E-state index in [-0.39, 0.29) is 5.91 Å². The lowest BCUT2D eigenvalue weighted by atomic mass is 9.90. The van der Waals surface area contributed by atoms with E-state index in [1.54, 1.807) is 6.92 Å². The number of carbonyl (C=O) groups excluding carboxylic acids is 1. The Kier molecular flexibility index (Phi) is 5.25. The van der Waals surface area contributed by atoms with Gasteiger partial charge in [-0.3, -0.25) is 14.5 Å². The number of carboxylic acids is 1. The molecule has 5 heteroatoms. The lowest BCUT2D eigenvalue weighted by molar-refractivity contribution is -0.147. The fourth-order valence-electron chi connectivity index (χ4n) is 3.68. The molecule has 1 unspecified atom stereocenters. The summed E-state index contributed by atoms with van der Waals surface area (Å²) in [6.45, 7) is 6.13. The molecule has 1 N–H and O–H groups in total. The fourth-order valence-corrected chi connectivity index (χ4v) is 3.68. The van der Waals surface area contributed by atoms with E-state index >= 15 is 0 Å². The van der Waals surface area contributed by atoms with Crippen LogP contribution >= 0.6 is 0 Å². The van der Waals surface area contributed by atoms with Crippen molar-refractivity contribution in [1.82, 2.24) is 9.80 Å². The molecule has 0 aromatic carbocycles. The zero-order valence-electron chi connectivity index (χ0n) is 13.3. The maximum absolute atomic E-state index is 12.5. The molecular formula is C16H28N2O3. The minimum absolute atomic E-state index is 0.166. The van der Waals surface area contributed by atoms with E-state index in [0.717, 1.165) is 19.4 Å². The van der Waals surface area contributed by atoms with E-state index in [9.17, 15) is 14.7 Å². The Morgan fingerprint density at radius 1 is 1.29 bits per heavy atom. The molecule has 0 radical (unpaired) electrons. The summed E-state index contributed by atoms with van der Waals surface area (Å²) in [5, 5.41) is 9.26. The van der Waals surface area contributed by atoms with Crippen molar-refractivity contribution in [3.05, 3.63) is 0 Å². The zero-order chi connectivity index (χ0) is 15.5. The van der Waals surface area contributed by atoms with Gasteiger partial charge in [-0.25, -0.2) is 0 Å². The van der Waals surface area contributed by atoms with Gasteiger partial charge in [0.2, 0.25) is 5.91 Å². The maximum Gasteiger partial charge on any atom is 0.310 e. The first-order chi connectivity index (χ1) is 9.96. The maximum atomic E-state index is 12.5. The van der Waals surface area contributed by atoms with Gasteiger partial charge in [-0.15, -0.1) is 0 Å². The summed E-state index contributed by atoms with van der Waals surface area (Å²) in [6.07, 6.45) is 6.58. The lowest BCUT2D eigenvalue weighted by Gasteiger charge is -2.34. The summed E-state index contributed by atoms with van der Waals surface area (Å²) in [6, 6.07) is 0.393. The molecule has 1 heterocycles. The molecule has 1 amide bonds. The van der Waals surface area contributed by atoms with Gasteiger partial charge in [-0.05, 0) is 39.7 Å². The van der Waals surface area contributed by atoms with Gasteiger partial charge in [-0.2, -0.15) is 0 Å². The summed E-state index contributed by atoms with van der Waals surface area (Å²) in [5.41, 5.74) is -0.692. The smallest absolute Gasteiger partial charge is 0.310 e. The molecule has 21 heavy (non-hydrogen) atoms. The summed E-state index contributed by atoms with van der Waals surface area (Å²) in [4.78, 5) is 27.8. The molecule has 0 spiro atoms. The molecular weight excluding hydrogens is 268 g/mol. The average molecular weight is 296 g/mol. The number of carbonyl (C=O) groups is 2. The van der Waals surface area contributed by atoms with E-state index in [4.69, 9.17) is 0 Å². The second-order valence-electron chi connectivity index (χ2n) is 6.80. The second kappa shape index (κ2) is 6.77. The van der Waals surface area contributed by atoms with Crippen LogP contribution in [0.25, 0.3) is 0 Å². The van der Waals surface area contributed by atoms with Crippen molar-refractivity contribution in [2.75, 3.05) is 26.2 Å². The molecule has 2 fully saturated rings. The Labute approximate surface area is 127 Å². The van der Waals surface area contributed by atoms with E-state index in [1.165, 1.54) is 19.3 Å². The topological polar surface area (TPSA) is 60.9 Å². The molecule has 1 saturated carbocycles. The van der Waals surface area contributed by atoms with Crippen molar-refractivity contribution < 1.29 is 14.7 Å². The highest BCUT2D eigenvalue weighted by atomic mass is 16.4. The van der Waals surface area contributed by atoms with E-state index in [2.05, 4.69) is 0 Å². The fraction of sp³-hybridized carbons (Fsp3) is 0.875. The van der Waals surface area contributed by atoms with Crippen LogP contribution in [0, 0.1) is 5.41 Å². The standard InChI is InChI=1S/C16H28N2O3/c1-3-18(13-7-5-4-6-8-13)14(19)11-17-10-9-16(2,12-17)15(20)21/h13H,3-12H2,1-2H3,(H,20,21). The van der Waals surface area contributed by atoms with E-state index < -0.39 is 11.4 Å².